The van der Waals surface area contributed by atoms with E-state index in [-0.39, 0.29) is 44.4 Å². The number of esters is 1. The van der Waals surface area contributed by atoms with Crippen LogP contribution >= 0.6 is 45.9 Å². The van der Waals surface area contributed by atoms with E-state index >= 15 is 0 Å². The smallest absolute Gasteiger partial charge is 0.325 e. The zero-order chi connectivity index (χ0) is 47.3. The van der Waals surface area contributed by atoms with Crippen molar-refractivity contribution in [3.8, 4) is 21.3 Å². The number of ether oxygens (including phenoxy) is 5. The molecule has 0 spiro atoms. The minimum Gasteiger partial charge on any atom is -0.491 e. The lowest BCUT2D eigenvalue weighted by atomic mass is 9.99. The fraction of sp³-hybridized carbons (Fsp3) is 0.400. The molecule has 2 amide bonds. The van der Waals surface area contributed by atoms with Gasteiger partial charge >= 0.3 is 5.97 Å². The lowest BCUT2D eigenvalue weighted by Crippen LogP contribution is -2.31. The molecule has 1 unspecified atom stereocenters. The molecule has 0 saturated carbocycles. The molecule has 1 aliphatic heterocycles. The predicted octanol–water partition coefficient (Wildman–Crippen LogP) is 6.23. The normalized spacial score (nSPS) is 13.1. The van der Waals surface area contributed by atoms with E-state index in [1.807, 2.05) is 41.8 Å². The zero-order valence-corrected chi connectivity index (χ0v) is 40.5. The van der Waals surface area contributed by atoms with Gasteiger partial charge < -0.3 is 34.3 Å². The lowest BCUT2D eigenvalue weighted by Gasteiger charge is -2.13. The van der Waals surface area contributed by atoms with Crippen molar-refractivity contribution in [3.05, 3.63) is 109 Å². The number of fused-ring (bicyclic) bond motifs is 3. The van der Waals surface area contributed by atoms with E-state index in [2.05, 4.69) is 50.0 Å². The Bertz CT molecular complexity index is 2680. The van der Waals surface area contributed by atoms with Gasteiger partial charge in [0.1, 0.15) is 46.5 Å². The van der Waals surface area contributed by atoms with Crippen LogP contribution in [0.3, 0.4) is 0 Å². The number of aryl methyl sites for hydroxylation is 2. The van der Waals surface area contributed by atoms with E-state index in [0.717, 1.165) is 38.8 Å². The first kappa shape index (κ1) is 49.3. The first-order valence-corrected chi connectivity index (χ1v) is 24.0. The Hall–Kier alpha value is -5.61. The number of amides is 2. The molecule has 0 bridgehead atoms. The summed E-state index contributed by atoms with van der Waals surface area (Å²) in [7, 11) is 0. The van der Waals surface area contributed by atoms with Gasteiger partial charge in [-0.15, -0.1) is 38.0 Å². The molecular formula is C45H50Cl2N10O8S2. The molecular weight excluding hydrogens is 944 g/mol. The highest BCUT2D eigenvalue weighted by Crippen LogP contribution is 2.40. The standard InChI is InChI=1S/C45H50Cl2N10O8S2/c1-5-64-40(60)24-49-38(58)20-32-26-66-44(50-32)35-11-10-34(21-36(35)47)65-19-18-63-17-16-62-15-14-61-13-12-56-25-33(53-55-56)23-48-39(59)22-37-43-54-52-29(4)57(43)45-41(27(2)28(3)67-45)42(51-37)30-6-8-31(46)9-7-30/h6-11,21,25-26,37H,5,12-20,22-24H2,1-4H3,(H,48,59)(H,49,58). The molecule has 1 atom stereocenters. The molecule has 5 heterocycles. The van der Waals surface area contributed by atoms with Crippen LogP contribution in [-0.2, 0) is 52.8 Å². The van der Waals surface area contributed by atoms with Gasteiger partial charge in [-0.25, -0.2) is 9.67 Å². The van der Waals surface area contributed by atoms with Crippen LogP contribution < -0.4 is 15.4 Å². The number of carbonyl (C=O) groups is 3. The van der Waals surface area contributed by atoms with Gasteiger partial charge in [0.25, 0.3) is 0 Å². The molecule has 2 aromatic carbocycles. The number of benzene rings is 2. The van der Waals surface area contributed by atoms with E-state index in [9.17, 15) is 14.4 Å². The second kappa shape index (κ2) is 23.9. The van der Waals surface area contributed by atoms with Gasteiger partial charge in [0.15, 0.2) is 5.82 Å². The highest BCUT2D eigenvalue weighted by Gasteiger charge is 2.32. The quantitative estimate of drug-likeness (QED) is 0.0511. The average molecular weight is 994 g/mol. The van der Waals surface area contributed by atoms with Crippen molar-refractivity contribution in [2.24, 2.45) is 4.99 Å². The van der Waals surface area contributed by atoms with Gasteiger partial charge in [0, 0.05) is 32.0 Å². The average Bonchev–Trinajstić information content (AvgIpc) is 4.10. The van der Waals surface area contributed by atoms with E-state index in [4.69, 9.17) is 51.9 Å². The number of nitrogens with zero attached hydrogens (tertiary/aromatic N) is 8. The van der Waals surface area contributed by atoms with Gasteiger partial charge in [0.2, 0.25) is 11.8 Å². The number of nitrogens with one attached hydrogen (secondary N) is 2. The van der Waals surface area contributed by atoms with Crippen LogP contribution in [0.15, 0.2) is 59.0 Å². The number of carbonyl (C=O) groups excluding carboxylic acids is 3. The molecule has 7 rings (SSSR count). The van der Waals surface area contributed by atoms with Crippen molar-refractivity contribution in [1.29, 1.82) is 0 Å². The van der Waals surface area contributed by atoms with Gasteiger partial charge in [-0.1, -0.05) is 40.5 Å². The maximum absolute atomic E-state index is 13.4. The topological polar surface area (TPSA) is 208 Å². The van der Waals surface area contributed by atoms with Crippen LogP contribution in [0.4, 0.5) is 0 Å². The molecule has 0 saturated heterocycles. The Balaban J connectivity index is 0.753. The SMILES string of the molecule is CCOC(=O)CNC(=O)Cc1csc(-c2ccc(OCCOCCOCCOCCn3cc(CNC(=O)CC4N=C(c5ccc(Cl)cc5)c5c(sc(C)c5C)-n5c(C)nnc54)nn3)cc2Cl)n1. The van der Waals surface area contributed by atoms with Crippen LogP contribution in [0.25, 0.3) is 15.6 Å². The van der Waals surface area contributed by atoms with Gasteiger partial charge in [-0.05, 0) is 63.6 Å². The van der Waals surface area contributed by atoms with Crippen LogP contribution in [0.5, 0.6) is 5.75 Å². The first-order valence-electron chi connectivity index (χ1n) is 21.5. The summed E-state index contributed by atoms with van der Waals surface area (Å²) >= 11 is 15.8. The summed E-state index contributed by atoms with van der Waals surface area (Å²) in [6.07, 6.45) is 1.87. The third-order valence-electron chi connectivity index (χ3n) is 10.3. The number of thiazole rings is 1. The second-order valence-corrected chi connectivity index (χ2v) is 18.0. The maximum atomic E-state index is 13.4. The maximum Gasteiger partial charge on any atom is 0.325 e. The Kier molecular flexibility index (Phi) is 17.6. The van der Waals surface area contributed by atoms with Crippen LogP contribution in [-0.4, -0.2) is 118 Å². The minimum absolute atomic E-state index is 0.0326. The lowest BCUT2D eigenvalue weighted by molar-refractivity contribution is -0.143. The molecule has 0 aliphatic carbocycles. The molecule has 22 heteroatoms. The number of hydrogen-bond acceptors (Lipinski definition) is 16. The Labute approximate surface area is 405 Å². The third-order valence-corrected chi connectivity index (χ3v) is 13.0. The van der Waals surface area contributed by atoms with Crippen molar-refractivity contribution in [1.82, 2.24) is 45.4 Å². The molecule has 67 heavy (non-hydrogen) atoms. The summed E-state index contributed by atoms with van der Waals surface area (Å²) in [5.74, 6) is 0.893. The fourth-order valence-electron chi connectivity index (χ4n) is 6.90. The molecule has 354 valence electrons. The zero-order valence-electron chi connectivity index (χ0n) is 37.4. The number of halogens is 2. The summed E-state index contributed by atoms with van der Waals surface area (Å²) in [5.41, 5.74) is 5.71. The van der Waals surface area contributed by atoms with Gasteiger partial charge in [-0.3, -0.25) is 23.9 Å². The van der Waals surface area contributed by atoms with Gasteiger partial charge in [0.05, 0.1) is 94.8 Å². The number of aromatic nitrogens is 7. The monoisotopic (exact) mass is 992 g/mol. The first-order chi connectivity index (χ1) is 32.5. The molecule has 2 N–H and O–H groups in total. The molecule has 18 nitrogen and oxygen atoms in total. The van der Waals surface area contributed by atoms with Crippen LogP contribution in [0.1, 0.15) is 64.0 Å². The van der Waals surface area contributed by atoms with Crippen molar-refractivity contribution in [3.63, 3.8) is 0 Å². The number of aliphatic imine (C=N–C) groups is 1. The number of rotatable bonds is 24. The molecule has 0 radical (unpaired) electrons. The highest BCUT2D eigenvalue weighted by atomic mass is 35.5. The molecule has 4 aromatic heterocycles. The van der Waals surface area contributed by atoms with Crippen molar-refractivity contribution < 1.29 is 38.1 Å². The summed E-state index contributed by atoms with van der Waals surface area (Å²) in [4.78, 5) is 47.9. The van der Waals surface area contributed by atoms with E-state index < -0.39 is 12.0 Å². The summed E-state index contributed by atoms with van der Waals surface area (Å²) < 4.78 is 31.3. The third kappa shape index (κ3) is 13.3. The van der Waals surface area contributed by atoms with Crippen LogP contribution in [0, 0.1) is 20.8 Å². The molecule has 1 aliphatic rings. The molecule has 6 aromatic rings. The summed E-state index contributed by atoms with van der Waals surface area (Å²) in [6.45, 7) is 11.2. The van der Waals surface area contributed by atoms with E-state index in [0.29, 0.717) is 90.8 Å². The Morgan fingerprint density at radius 3 is 2.34 bits per heavy atom. The van der Waals surface area contributed by atoms with Crippen LogP contribution in [0.2, 0.25) is 10.0 Å². The van der Waals surface area contributed by atoms with Crippen molar-refractivity contribution in [2.75, 3.05) is 59.4 Å². The summed E-state index contributed by atoms with van der Waals surface area (Å²) in [6, 6.07) is 12.3. The fourth-order valence-corrected chi connectivity index (χ4v) is 9.41. The Morgan fingerprint density at radius 1 is 0.851 bits per heavy atom. The Morgan fingerprint density at radius 2 is 1.60 bits per heavy atom. The summed E-state index contributed by atoms with van der Waals surface area (Å²) in [5, 5.41) is 27.3. The van der Waals surface area contributed by atoms with Gasteiger partial charge in [-0.2, -0.15) is 0 Å². The number of hydrogen-bond donors (Lipinski definition) is 2. The van der Waals surface area contributed by atoms with E-state index in [1.54, 1.807) is 46.7 Å². The van der Waals surface area contributed by atoms with E-state index in [1.165, 1.54) is 16.2 Å². The predicted molar refractivity (Wildman–Crippen MR) is 254 cm³/mol. The van der Waals surface area contributed by atoms with Crippen molar-refractivity contribution in [2.45, 2.75) is 59.7 Å². The number of thiophene rings is 1. The minimum atomic E-state index is -0.581. The van der Waals surface area contributed by atoms with Crippen molar-refractivity contribution >= 4 is 69.4 Å². The largest absolute Gasteiger partial charge is 0.491 e. The molecule has 0 fully saturated rings. The highest BCUT2D eigenvalue weighted by molar-refractivity contribution is 7.15. The second-order valence-electron chi connectivity index (χ2n) is 15.1.